The molecule has 2 N–H and O–H groups in total. The van der Waals surface area contributed by atoms with Gasteiger partial charge in [-0.15, -0.1) is 0 Å². The van der Waals surface area contributed by atoms with Gasteiger partial charge in [0.1, 0.15) is 0 Å². The van der Waals surface area contributed by atoms with Crippen LogP contribution in [0.4, 0.5) is 0 Å². The van der Waals surface area contributed by atoms with Crippen LogP contribution in [0.25, 0.3) is 5.65 Å². The number of carbonyl (C=O) groups excluding carboxylic acids is 1. The molecule has 0 radical (unpaired) electrons. The lowest BCUT2D eigenvalue weighted by Crippen LogP contribution is -2.23. The summed E-state index contributed by atoms with van der Waals surface area (Å²) < 4.78 is 7.38. The molecule has 7 nitrogen and oxygen atoms in total. The van der Waals surface area contributed by atoms with Crippen LogP contribution in [0.3, 0.4) is 0 Å². The predicted molar refractivity (Wildman–Crippen MR) is 79.9 cm³/mol. The molecule has 22 heavy (non-hydrogen) atoms. The number of carboxylic acid groups (broad SMARTS) is 1. The highest BCUT2D eigenvalue weighted by Crippen LogP contribution is 2.18. The SMILES string of the molecule is CCOc1cccn2cc(CCNC(=O)/C=C/C(=O)O)nc12. The van der Waals surface area contributed by atoms with Crippen molar-refractivity contribution in [3.05, 3.63) is 42.4 Å². The van der Waals surface area contributed by atoms with Crippen LogP contribution in [0.15, 0.2) is 36.7 Å². The third-order valence-electron chi connectivity index (χ3n) is 2.85. The van der Waals surface area contributed by atoms with Crippen LogP contribution in [-0.4, -0.2) is 39.5 Å². The largest absolute Gasteiger partial charge is 0.490 e. The second-order valence-electron chi connectivity index (χ2n) is 4.48. The molecule has 0 fully saturated rings. The van der Waals surface area contributed by atoms with Crippen LogP contribution in [0.1, 0.15) is 12.6 Å². The Kier molecular flexibility index (Phi) is 5.13. The van der Waals surface area contributed by atoms with Gasteiger partial charge in [0.05, 0.1) is 12.3 Å². The van der Waals surface area contributed by atoms with Crippen molar-refractivity contribution in [3.8, 4) is 5.75 Å². The van der Waals surface area contributed by atoms with E-state index in [4.69, 9.17) is 9.84 Å². The molecule has 2 rings (SSSR count). The van der Waals surface area contributed by atoms with Gasteiger partial charge in [-0.1, -0.05) is 0 Å². The molecule has 0 aromatic carbocycles. The van der Waals surface area contributed by atoms with E-state index >= 15 is 0 Å². The van der Waals surface area contributed by atoms with Gasteiger partial charge >= 0.3 is 5.97 Å². The van der Waals surface area contributed by atoms with Crippen molar-refractivity contribution in [2.24, 2.45) is 0 Å². The number of amides is 1. The van der Waals surface area contributed by atoms with Gasteiger partial charge in [-0.05, 0) is 19.1 Å². The number of carboxylic acids is 1. The number of aromatic nitrogens is 2. The molecule has 0 bridgehead atoms. The summed E-state index contributed by atoms with van der Waals surface area (Å²) in [5.41, 5.74) is 1.55. The van der Waals surface area contributed by atoms with Crippen molar-refractivity contribution in [2.75, 3.05) is 13.2 Å². The van der Waals surface area contributed by atoms with Gasteiger partial charge < -0.3 is 19.6 Å². The van der Waals surface area contributed by atoms with E-state index in [9.17, 15) is 9.59 Å². The number of nitrogens with one attached hydrogen (secondary N) is 1. The highest BCUT2D eigenvalue weighted by atomic mass is 16.5. The lowest BCUT2D eigenvalue weighted by atomic mass is 10.3. The first kappa shape index (κ1) is 15.6. The van der Waals surface area contributed by atoms with Crippen molar-refractivity contribution in [3.63, 3.8) is 0 Å². The van der Waals surface area contributed by atoms with E-state index in [2.05, 4.69) is 10.3 Å². The highest BCUT2D eigenvalue weighted by molar-refractivity contribution is 5.93. The number of nitrogens with zero attached hydrogens (tertiary/aromatic N) is 2. The smallest absolute Gasteiger partial charge is 0.328 e. The predicted octanol–water partition coefficient (Wildman–Crippen LogP) is 1.03. The van der Waals surface area contributed by atoms with Crippen LogP contribution in [0, 0.1) is 0 Å². The number of hydrogen-bond donors (Lipinski definition) is 2. The van der Waals surface area contributed by atoms with E-state index in [1.807, 2.05) is 35.9 Å². The zero-order chi connectivity index (χ0) is 15.9. The Morgan fingerprint density at radius 2 is 2.27 bits per heavy atom. The third kappa shape index (κ3) is 4.08. The van der Waals surface area contributed by atoms with Gasteiger partial charge in [0, 0.05) is 37.5 Å². The molecule has 1 amide bonds. The maximum absolute atomic E-state index is 11.3. The fourth-order valence-corrected chi connectivity index (χ4v) is 1.95. The first-order valence-electron chi connectivity index (χ1n) is 6.88. The third-order valence-corrected chi connectivity index (χ3v) is 2.85. The summed E-state index contributed by atoms with van der Waals surface area (Å²) in [6, 6.07) is 3.73. The van der Waals surface area contributed by atoms with E-state index in [1.165, 1.54) is 0 Å². The van der Waals surface area contributed by atoms with E-state index in [0.29, 0.717) is 25.3 Å². The monoisotopic (exact) mass is 303 g/mol. The van der Waals surface area contributed by atoms with Gasteiger partial charge in [0.25, 0.3) is 0 Å². The molecule has 2 aromatic heterocycles. The molecular formula is C15H17N3O4. The minimum Gasteiger partial charge on any atom is -0.490 e. The number of imidazole rings is 1. The van der Waals surface area contributed by atoms with Crippen molar-refractivity contribution in [1.82, 2.24) is 14.7 Å². The average molecular weight is 303 g/mol. The number of ether oxygens (including phenoxy) is 1. The molecule has 2 heterocycles. The Labute approximate surface area is 127 Å². The van der Waals surface area contributed by atoms with E-state index in [1.54, 1.807) is 0 Å². The molecular weight excluding hydrogens is 286 g/mol. The van der Waals surface area contributed by atoms with Gasteiger partial charge in [0.2, 0.25) is 5.91 Å². The Morgan fingerprint density at radius 1 is 1.45 bits per heavy atom. The van der Waals surface area contributed by atoms with Crippen molar-refractivity contribution in [1.29, 1.82) is 0 Å². The van der Waals surface area contributed by atoms with Crippen LogP contribution in [0.5, 0.6) is 5.75 Å². The summed E-state index contributed by atoms with van der Waals surface area (Å²) in [7, 11) is 0. The molecule has 0 saturated carbocycles. The quantitative estimate of drug-likeness (QED) is 0.745. The first-order valence-corrected chi connectivity index (χ1v) is 6.88. The normalized spacial score (nSPS) is 11.0. The fourth-order valence-electron chi connectivity index (χ4n) is 1.95. The molecule has 7 heteroatoms. The first-order chi connectivity index (χ1) is 10.6. The molecule has 0 atom stereocenters. The van der Waals surface area contributed by atoms with Crippen LogP contribution < -0.4 is 10.1 Å². The second-order valence-corrected chi connectivity index (χ2v) is 4.48. The Morgan fingerprint density at radius 3 is 3.00 bits per heavy atom. The second kappa shape index (κ2) is 7.26. The Balaban J connectivity index is 1.96. The van der Waals surface area contributed by atoms with Crippen LogP contribution in [-0.2, 0) is 16.0 Å². The molecule has 0 aliphatic carbocycles. The number of pyridine rings is 1. The number of rotatable bonds is 7. The zero-order valence-corrected chi connectivity index (χ0v) is 12.2. The highest BCUT2D eigenvalue weighted by Gasteiger charge is 2.07. The van der Waals surface area contributed by atoms with Gasteiger partial charge in [0.15, 0.2) is 11.4 Å². The molecule has 0 spiro atoms. The van der Waals surface area contributed by atoms with Crippen LogP contribution in [0.2, 0.25) is 0 Å². The molecule has 0 saturated heterocycles. The van der Waals surface area contributed by atoms with Gasteiger partial charge in [-0.25, -0.2) is 9.78 Å². The summed E-state index contributed by atoms with van der Waals surface area (Å²) in [4.78, 5) is 26.1. The molecule has 0 unspecified atom stereocenters. The number of aliphatic carboxylic acids is 1. The molecule has 0 aliphatic rings. The summed E-state index contributed by atoms with van der Waals surface area (Å²) in [5.74, 6) is -0.884. The summed E-state index contributed by atoms with van der Waals surface area (Å²) >= 11 is 0. The number of carbonyl (C=O) groups is 2. The van der Waals surface area contributed by atoms with E-state index in [0.717, 1.165) is 23.5 Å². The Bertz CT molecular complexity index is 706. The van der Waals surface area contributed by atoms with Crippen molar-refractivity contribution in [2.45, 2.75) is 13.3 Å². The minimum atomic E-state index is -1.15. The molecule has 2 aromatic rings. The molecule has 0 aliphatic heterocycles. The standard InChI is InChI=1S/C15H17N3O4/c1-2-22-12-4-3-9-18-10-11(17-15(12)18)7-8-16-13(19)5-6-14(20)21/h3-6,9-10H,2,7-8H2,1H3,(H,16,19)(H,20,21)/b6-5+. The van der Waals surface area contributed by atoms with Crippen molar-refractivity contribution >= 4 is 17.5 Å². The number of fused-ring (bicyclic) bond motifs is 1. The minimum absolute atomic E-state index is 0.372. The van der Waals surface area contributed by atoms with E-state index in [-0.39, 0.29) is 0 Å². The number of hydrogen-bond acceptors (Lipinski definition) is 4. The van der Waals surface area contributed by atoms with E-state index < -0.39 is 11.9 Å². The zero-order valence-electron chi connectivity index (χ0n) is 12.2. The van der Waals surface area contributed by atoms with Gasteiger partial charge in [-0.3, -0.25) is 4.79 Å². The lowest BCUT2D eigenvalue weighted by Gasteiger charge is -2.03. The maximum Gasteiger partial charge on any atom is 0.328 e. The lowest BCUT2D eigenvalue weighted by molar-refractivity contribution is -0.131. The van der Waals surface area contributed by atoms with Gasteiger partial charge in [-0.2, -0.15) is 0 Å². The topological polar surface area (TPSA) is 92.9 Å². The summed E-state index contributed by atoms with van der Waals surface area (Å²) in [6.45, 7) is 2.85. The van der Waals surface area contributed by atoms with Crippen molar-refractivity contribution < 1.29 is 19.4 Å². The fraction of sp³-hybridized carbons (Fsp3) is 0.267. The Hall–Kier alpha value is -2.83. The summed E-state index contributed by atoms with van der Waals surface area (Å²) in [5, 5.41) is 11.0. The maximum atomic E-state index is 11.3. The van der Waals surface area contributed by atoms with Crippen LogP contribution >= 0.6 is 0 Å². The molecule has 116 valence electrons. The average Bonchev–Trinajstić information content (AvgIpc) is 2.89. The summed E-state index contributed by atoms with van der Waals surface area (Å²) in [6.07, 6.45) is 6.08.